The van der Waals surface area contributed by atoms with Gasteiger partial charge in [0.05, 0.1) is 48.3 Å². The Morgan fingerprint density at radius 2 is 0.966 bits per heavy atom. The van der Waals surface area contributed by atoms with Crippen LogP contribution >= 0.6 is 15.9 Å². The molecule has 11 rings (SSSR count). The lowest BCUT2D eigenvalue weighted by molar-refractivity contribution is -0.144. The van der Waals surface area contributed by atoms with E-state index >= 15 is 0 Å². The number of halogens is 1. The highest BCUT2D eigenvalue weighted by molar-refractivity contribution is 9.10. The second kappa shape index (κ2) is 25.7. The van der Waals surface area contributed by atoms with Gasteiger partial charge in [-0.3, -0.25) is 19.2 Å². The topological polar surface area (TPSA) is 139 Å². The van der Waals surface area contributed by atoms with Gasteiger partial charge in [0.1, 0.15) is 0 Å². The number of amides is 2. The minimum absolute atomic E-state index is 0.0885. The molecule has 2 atom stereocenters. The number of esters is 2. The molecule has 2 N–H and O–H groups in total. The van der Waals surface area contributed by atoms with Gasteiger partial charge in [0.25, 0.3) is 11.8 Å². The molecule has 3 aliphatic rings. The molecule has 0 radical (unpaired) electrons. The highest BCUT2D eigenvalue weighted by atomic mass is 79.9. The van der Waals surface area contributed by atoms with E-state index in [2.05, 4.69) is 131 Å². The molecule has 0 spiro atoms. The number of carbonyl (C=O) groups excluding carboxylic acids is 4. The molecule has 0 unspecified atom stereocenters. The summed E-state index contributed by atoms with van der Waals surface area (Å²) in [6, 6.07) is 44.4. The standard InChI is InChI=1S/C34H36N2O3.C31H31BrN2O3.C9H17BO2/c1-21(2)26-8-7-9-27(18-26)23(4)35-32(37)28-12-15-31-30(19-28)22(3)24(5)36(31)20-25-10-13-29(14-11-25)34(16-17-34)33(38)39-6;1-19-21(3)34(18-22-8-11-25(12-9-22)31(14-15-31)30(36)37-4)28-13-10-24(17-27(19)28)29(35)33-20(2)23-6-5-7-26(32)16-23;1-7(2)10-11-8(3,4)9(5,6)12-10/h7-15,18-19,23H,1,16-17,20H2,2-6H3,(H,35,37);5-13,16-17,20H,14-15,18H2,1-4H3,(H,33,35);1H2,2-6H3/t23-;20-;/m00./s1. The maximum Gasteiger partial charge on any atom is 0.489 e. The average Bonchev–Trinajstić information content (AvgIpc) is 1.73. The Kier molecular flexibility index (Phi) is 18.9. The lowest BCUT2D eigenvalue weighted by Gasteiger charge is -2.32. The zero-order chi connectivity index (χ0) is 63.8. The number of rotatable bonds is 16. The molecule has 2 saturated carbocycles. The fraction of sp³-hybridized carbons (Fsp3) is 0.351. The first-order valence-electron chi connectivity index (χ1n) is 30.3. The molecule has 3 fully saturated rings. The quantitative estimate of drug-likeness (QED) is 0.0720. The van der Waals surface area contributed by atoms with Crippen molar-refractivity contribution in [2.75, 3.05) is 14.2 Å². The van der Waals surface area contributed by atoms with Crippen LogP contribution in [0, 0.1) is 27.7 Å². The van der Waals surface area contributed by atoms with Crippen molar-refractivity contribution in [3.63, 3.8) is 0 Å². The van der Waals surface area contributed by atoms with Crippen LogP contribution in [-0.2, 0) is 52.3 Å². The van der Waals surface area contributed by atoms with Crippen molar-refractivity contribution in [3.8, 4) is 0 Å². The molecule has 2 aromatic heterocycles. The van der Waals surface area contributed by atoms with Crippen molar-refractivity contribution in [3.05, 3.63) is 229 Å². The Labute approximate surface area is 528 Å². The van der Waals surface area contributed by atoms with Gasteiger partial charge in [0.15, 0.2) is 0 Å². The van der Waals surface area contributed by atoms with Gasteiger partial charge in [-0.05, 0) is 213 Å². The Morgan fingerprint density at radius 3 is 1.32 bits per heavy atom. The van der Waals surface area contributed by atoms with Gasteiger partial charge in [0.2, 0.25) is 0 Å². The third kappa shape index (κ3) is 13.3. The van der Waals surface area contributed by atoms with Gasteiger partial charge in [-0.1, -0.05) is 112 Å². The number of hydrogen-bond donors (Lipinski definition) is 2. The first kappa shape index (κ1) is 64.7. The van der Waals surface area contributed by atoms with Crippen LogP contribution in [0.5, 0.6) is 0 Å². The number of allylic oxidation sites excluding steroid dienone is 2. The maximum absolute atomic E-state index is 13.2. The zero-order valence-corrected chi connectivity index (χ0v) is 55.2. The average molecular weight is 1250 g/mol. The molecule has 0 bridgehead atoms. The third-order valence-corrected chi connectivity index (χ3v) is 19.2. The Morgan fingerprint density at radius 1 is 0.568 bits per heavy atom. The van der Waals surface area contributed by atoms with Crippen LogP contribution in [0.2, 0.25) is 0 Å². The van der Waals surface area contributed by atoms with Gasteiger partial charge in [-0.15, -0.1) is 6.58 Å². The number of aryl methyl sites for hydroxylation is 2. The van der Waals surface area contributed by atoms with Crippen molar-refractivity contribution < 1.29 is 38.0 Å². The monoisotopic (exact) mass is 1250 g/mol. The van der Waals surface area contributed by atoms with E-state index in [0.717, 1.165) is 102 Å². The molecule has 458 valence electrons. The predicted molar refractivity (Wildman–Crippen MR) is 358 cm³/mol. The first-order valence-corrected chi connectivity index (χ1v) is 31.1. The number of carbonyl (C=O) groups is 4. The van der Waals surface area contributed by atoms with E-state index in [1.807, 2.05) is 134 Å². The molecule has 1 saturated heterocycles. The Balaban J connectivity index is 0.000000177. The van der Waals surface area contributed by atoms with E-state index in [1.54, 1.807) is 0 Å². The SMILES string of the molecule is C=C(C)B1OC(C)(C)C(C)(C)O1.C=C(C)c1cccc([C@H](C)NC(=O)c2ccc3c(c2)c(C)c(C)n3Cc2ccc(C3(C(=O)OC)CC3)cc2)c1.COC(=O)C1(c2ccc(Cn3c(C)c(C)c4cc(C(=O)N[C@@H](C)c5cccc(Br)c5)ccc43)cc2)CC1. The summed E-state index contributed by atoms with van der Waals surface area (Å²) >= 11 is 3.50. The summed E-state index contributed by atoms with van der Waals surface area (Å²) in [5.41, 5.74) is 16.3. The molecule has 2 aliphatic carbocycles. The predicted octanol–water partition coefficient (Wildman–Crippen LogP) is 16.0. The minimum atomic E-state index is -0.457. The van der Waals surface area contributed by atoms with Crippen molar-refractivity contribution in [2.24, 2.45) is 0 Å². The Bertz CT molecular complexity index is 3980. The molecule has 2 amide bonds. The second-order valence-corrected chi connectivity index (χ2v) is 26.3. The number of fused-ring (bicyclic) bond motifs is 2. The van der Waals surface area contributed by atoms with Gasteiger partial charge in [-0.25, -0.2) is 0 Å². The summed E-state index contributed by atoms with van der Waals surface area (Å²) in [5.74, 6) is -0.471. The van der Waals surface area contributed by atoms with Crippen LogP contribution in [0.25, 0.3) is 27.4 Å². The third-order valence-electron chi connectivity index (χ3n) is 18.7. The van der Waals surface area contributed by atoms with Gasteiger partial charge >= 0.3 is 19.1 Å². The smallest absolute Gasteiger partial charge is 0.468 e. The van der Waals surface area contributed by atoms with Gasteiger partial charge in [0, 0.05) is 61.9 Å². The number of methoxy groups -OCH3 is 2. The highest BCUT2D eigenvalue weighted by Gasteiger charge is 2.54. The number of ether oxygens (including phenoxy) is 2. The molecular formula is C74H84BBrN4O8. The van der Waals surface area contributed by atoms with Crippen LogP contribution < -0.4 is 10.6 Å². The number of hydrogen-bond acceptors (Lipinski definition) is 8. The summed E-state index contributed by atoms with van der Waals surface area (Å²) in [7, 11) is 2.67. The summed E-state index contributed by atoms with van der Waals surface area (Å²) in [6.07, 6.45) is 3.37. The second-order valence-electron chi connectivity index (χ2n) is 25.4. The van der Waals surface area contributed by atoms with Crippen molar-refractivity contribution in [1.82, 2.24) is 19.8 Å². The molecular weight excluding hydrogens is 1160 g/mol. The van der Waals surface area contributed by atoms with E-state index in [0.29, 0.717) is 24.2 Å². The van der Waals surface area contributed by atoms with Crippen molar-refractivity contribution >= 4 is 74.2 Å². The summed E-state index contributed by atoms with van der Waals surface area (Å²) in [6.45, 7) is 33.8. The summed E-state index contributed by atoms with van der Waals surface area (Å²) in [5, 5.41) is 8.43. The molecule has 14 heteroatoms. The largest absolute Gasteiger partial charge is 0.489 e. The van der Waals surface area contributed by atoms with Crippen LogP contribution in [-0.4, -0.2) is 65.4 Å². The normalized spacial score (nSPS) is 16.2. The van der Waals surface area contributed by atoms with Crippen molar-refractivity contribution in [1.29, 1.82) is 0 Å². The maximum atomic E-state index is 13.2. The van der Waals surface area contributed by atoms with Gasteiger partial charge in [-0.2, -0.15) is 0 Å². The minimum Gasteiger partial charge on any atom is -0.468 e. The Hall–Kier alpha value is -7.78. The molecule has 1 aliphatic heterocycles. The number of nitrogens with zero attached hydrogens (tertiary/aromatic N) is 2. The van der Waals surface area contributed by atoms with Crippen LogP contribution in [0.3, 0.4) is 0 Å². The molecule has 3 heterocycles. The van der Waals surface area contributed by atoms with E-state index in [-0.39, 0.29) is 54.2 Å². The molecule has 6 aromatic carbocycles. The van der Waals surface area contributed by atoms with E-state index in [4.69, 9.17) is 18.8 Å². The fourth-order valence-corrected chi connectivity index (χ4v) is 12.1. The number of benzene rings is 6. The van der Waals surface area contributed by atoms with Crippen molar-refractivity contribution in [2.45, 2.75) is 156 Å². The van der Waals surface area contributed by atoms with E-state index in [1.165, 1.54) is 36.7 Å². The van der Waals surface area contributed by atoms with Crippen LogP contribution in [0.4, 0.5) is 0 Å². The molecule has 88 heavy (non-hydrogen) atoms. The summed E-state index contributed by atoms with van der Waals surface area (Å²) in [4.78, 5) is 50.8. The van der Waals surface area contributed by atoms with Crippen LogP contribution in [0.1, 0.15) is 175 Å². The zero-order valence-electron chi connectivity index (χ0n) is 53.6. The highest BCUT2D eigenvalue weighted by Crippen LogP contribution is 2.50. The van der Waals surface area contributed by atoms with Gasteiger partial charge < -0.3 is 38.6 Å². The van der Waals surface area contributed by atoms with Crippen LogP contribution in [0.15, 0.2) is 157 Å². The van der Waals surface area contributed by atoms with E-state index in [9.17, 15) is 19.2 Å². The number of nitrogens with one attached hydrogen (secondary N) is 2. The molecule has 8 aromatic rings. The fourth-order valence-electron chi connectivity index (χ4n) is 11.7. The molecule has 12 nitrogen and oxygen atoms in total. The summed E-state index contributed by atoms with van der Waals surface area (Å²) < 4.78 is 27.0. The first-order chi connectivity index (χ1) is 41.6. The lowest BCUT2D eigenvalue weighted by Crippen LogP contribution is -2.41. The lowest BCUT2D eigenvalue weighted by atomic mass is 9.81. The van der Waals surface area contributed by atoms with E-state index < -0.39 is 10.8 Å². The number of aromatic nitrogens is 2.